The summed E-state index contributed by atoms with van der Waals surface area (Å²) in [7, 11) is 5.30. The number of hydrogen-bond acceptors (Lipinski definition) is 3. The maximum absolute atomic E-state index is 12.3. The highest BCUT2D eigenvalue weighted by molar-refractivity contribution is 14.1. The van der Waals surface area contributed by atoms with Crippen LogP contribution in [0, 0.1) is 3.57 Å². The monoisotopic (exact) mass is 393 g/mol. The molecule has 8 heteroatoms. The Kier molecular flexibility index (Phi) is 4.14. The first kappa shape index (κ1) is 14.3. The van der Waals surface area contributed by atoms with Crippen LogP contribution < -0.4 is 0 Å². The lowest BCUT2D eigenvalue weighted by molar-refractivity contribution is 0.0774. The molecule has 19 heavy (non-hydrogen) atoms. The van der Waals surface area contributed by atoms with Crippen molar-refractivity contribution < 1.29 is 4.79 Å². The van der Waals surface area contributed by atoms with Crippen LogP contribution in [-0.2, 0) is 20.6 Å². The molecule has 2 aromatic rings. The van der Waals surface area contributed by atoms with Gasteiger partial charge >= 0.3 is 0 Å². The third-order valence-electron chi connectivity index (χ3n) is 2.73. The molecule has 0 bridgehead atoms. The third kappa shape index (κ3) is 2.92. The highest BCUT2D eigenvalue weighted by Gasteiger charge is 2.20. The van der Waals surface area contributed by atoms with Crippen molar-refractivity contribution in [2.75, 3.05) is 7.05 Å². The lowest BCUT2D eigenvalue weighted by atomic mass is 10.3. The van der Waals surface area contributed by atoms with Gasteiger partial charge in [-0.25, -0.2) is 0 Å². The summed E-state index contributed by atoms with van der Waals surface area (Å²) in [4.78, 5) is 13.9. The van der Waals surface area contributed by atoms with Gasteiger partial charge in [-0.1, -0.05) is 11.6 Å². The summed E-state index contributed by atoms with van der Waals surface area (Å²) in [6.45, 7) is 0.390. The summed E-state index contributed by atoms with van der Waals surface area (Å²) in [5.41, 5.74) is 1.24. The summed E-state index contributed by atoms with van der Waals surface area (Å²) in [6, 6.07) is 0. The molecule has 0 N–H and O–H groups in total. The molecule has 2 aromatic heterocycles. The molecule has 0 saturated carbocycles. The molecular formula is C11H13ClIN5O. The van der Waals surface area contributed by atoms with E-state index >= 15 is 0 Å². The fraction of sp³-hybridized carbons (Fsp3) is 0.364. The second-order valence-corrected chi connectivity index (χ2v) is 5.79. The van der Waals surface area contributed by atoms with Crippen molar-refractivity contribution in [3.63, 3.8) is 0 Å². The van der Waals surface area contributed by atoms with Gasteiger partial charge in [0.15, 0.2) is 5.69 Å². The Morgan fingerprint density at radius 1 is 1.53 bits per heavy atom. The first-order valence-corrected chi connectivity index (χ1v) is 6.96. The SMILES string of the molecule is CN(Cc1c(Cl)cnn1C)C(=O)c1nn(C)cc1I. The van der Waals surface area contributed by atoms with Gasteiger partial charge in [0.1, 0.15) is 0 Å². The van der Waals surface area contributed by atoms with Crippen LogP contribution >= 0.6 is 34.2 Å². The molecule has 0 radical (unpaired) electrons. The van der Waals surface area contributed by atoms with Crippen molar-refractivity contribution in [2.45, 2.75) is 6.54 Å². The summed E-state index contributed by atoms with van der Waals surface area (Å²) in [5, 5.41) is 8.77. The molecule has 0 aliphatic heterocycles. The minimum absolute atomic E-state index is 0.137. The fourth-order valence-electron chi connectivity index (χ4n) is 1.70. The van der Waals surface area contributed by atoms with Crippen molar-refractivity contribution in [2.24, 2.45) is 14.1 Å². The Bertz CT molecular complexity index is 601. The minimum Gasteiger partial charge on any atom is -0.334 e. The zero-order chi connectivity index (χ0) is 14.2. The van der Waals surface area contributed by atoms with E-state index in [2.05, 4.69) is 32.8 Å². The molecule has 0 spiro atoms. The molecule has 2 heterocycles. The molecule has 0 atom stereocenters. The van der Waals surface area contributed by atoms with Crippen molar-refractivity contribution in [3.8, 4) is 0 Å². The molecule has 6 nitrogen and oxygen atoms in total. The van der Waals surface area contributed by atoms with Crippen molar-refractivity contribution in [1.82, 2.24) is 24.5 Å². The van der Waals surface area contributed by atoms with Crippen LogP contribution in [0.2, 0.25) is 5.02 Å². The van der Waals surface area contributed by atoms with Gasteiger partial charge in [-0.05, 0) is 22.6 Å². The Labute approximate surface area is 129 Å². The normalized spacial score (nSPS) is 10.8. The number of hydrogen-bond donors (Lipinski definition) is 0. The number of rotatable bonds is 3. The van der Waals surface area contributed by atoms with E-state index in [1.165, 1.54) is 0 Å². The highest BCUT2D eigenvalue weighted by atomic mass is 127. The van der Waals surface area contributed by atoms with Gasteiger partial charge in [-0.2, -0.15) is 10.2 Å². The van der Waals surface area contributed by atoms with E-state index in [0.717, 1.165) is 9.26 Å². The largest absolute Gasteiger partial charge is 0.334 e. The Hall–Kier alpha value is -1.09. The Morgan fingerprint density at radius 3 is 2.68 bits per heavy atom. The lowest BCUT2D eigenvalue weighted by Crippen LogP contribution is -2.28. The van der Waals surface area contributed by atoms with E-state index in [0.29, 0.717) is 17.3 Å². The van der Waals surface area contributed by atoms with Gasteiger partial charge in [0, 0.05) is 27.3 Å². The molecule has 102 valence electrons. The van der Waals surface area contributed by atoms with E-state index in [1.54, 1.807) is 47.8 Å². The van der Waals surface area contributed by atoms with Gasteiger partial charge in [0.2, 0.25) is 0 Å². The summed E-state index contributed by atoms with van der Waals surface area (Å²) in [5.74, 6) is -0.137. The van der Waals surface area contributed by atoms with Crippen molar-refractivity contribution in [1.29, 1.82) is 0 Å². The lowest BCUT2D eigenvalue weighted by Gasteiger charge is -2.16. The highest BCUT2D eigenvalue weighted by Crippen LogP contribution is 2.18. The van der Waals surface area contributed by atoms with E-state index in [9.17, 15) is 4.79 Å². The van der Waals surface area contributed by atoms with Crippen LogP contribution in [0.1, 0.15) is 16.2 Å². The molecule has 0 aliphatic rings. The smallest absolute Gasteiger partial charge is 0.275 e. The summed E-state index contributed by atoms with van der Waals surface area (Å²) in [6.07, 6.45) is 3.37. The van der Waals surface area contributed by atoms with Crippen LogP contribution in [0.4, 0.5) is 0 Å². The average Bonchev–Trinajstić information content (AvgIpc) is 2.84. The number of nitrogens with zero attached hydrogens (tertiary/aromatic N) is 5. The molecule has 0 aliphatic carbocycles. The molecule has 2 rings (SSSR count). The molecule has 0 unspecified atom stereocenters. The molecular weight excluding hydrogens is 381 g/mol. The molecule has 0 fully saturated rings. The first-order chi connectivity index (χ1) is 8.90. The standard InChI is InChI=1S/C11H13ClIN5O/c1-16(6-9-7(12)4-14-18(9)3)11(19)10-8(13)5-17(2)15-10/h4-5H,6H2,1-3H3. The first-order valence-electron chi connectivity index (χ1n) is 5.51. The number of halogens is 2. The van der Waals surface area contributed by atoms with E-state index in [4.69, 9.17) is 11.6 Å². The summed E-state index contributed by atoms with van der Waals surface area (Å²) < 4.78 is 4.11. The van der Waals surface area contributed by atoms with Crippen molar-refractivity contribution in [3.05, 3.63) is 32.4 Å². The van der Waals surface area contributed by atoms with Crippen LogP contribution in [0.25, 0.3) is 0 Å². The van der Waals surface area contributed by atoms with Crippen LogP contribution in [-0.4, -0.2) is 37.4 Å². The molecule has 0 aromatic carbocycles. The Balaban J connectivity index is 2.19. The second-order valence-electron chi connectivity index (χ2n) is 4.22. The number of aromatic nitrogens is 4. The predicted octanol–water partition coefficient (Wildman–Crippen LogP) is 1.68. The van der Waals surface area contributed by atoms with E-state index in [1.807, 2.05) is 0 Å². The van der Waals surface area contributed by atoms with Gasteiger partial charge < -0.3 is 4.90 Å². The number of amides is 1. The van der Waals surface area contributed by atoms with Gasteiger partial charge in [0.25, 0.3) is 5.91 Å². The predicted molar refractivity (Wildman–Crippen MR) is 79.9 cm³/mol. The molecule has 0 saturated heterocycles. The van der Waals surface area contributed by atoms with Crippen LogP contribution in [0.3, 0.4) is 0 Å². The Morgan fingerprint density at radius 2 is 2.21 bits per heavy atom. The van der Waals surface area contributed by atoms with Crippen LogP contribution in [0.5, 0.6) is 0 Å². The number of carbonyl (C=O) groups excluding carboxylic acids is 1. The van der Waals surface area contributed by atoms with E-state index in [-0.39, 0.29) is 5.91 Å². The van der Waals surface area contributed by atoms with Gasteiger partial charge in [0.05, 0.1) is 27.0 Å². The zero-order valence-corrected chi connectivity index (χ0v) is 13.7. The maximum atomic E-state index is 12.3. The van der Waals surface area contributed by atoms with E-state index < -0.39 is 0 Å². The van der Waals surface area contributed by atoms with Crippen molar-refractivity contribution >= 4 is 40.1 Å². The second kappa shape index (κ2) is 5.49. The van der Waals surface area contributed by atoms with Gasteiger partial charge in [-0.15, -0.1) is 0 Å². The summed E-state index contributed by atoms with van der Waals surface area (Å²) >= 11 is 8.13. The maximum Gasteiger partial charge on any atom is 0.275 e. The third-order valence-corrected chi connectivity index (χ3v) is 3.84. The average molecular weight is 394 g/mol. The number of carbonyl (C=O) groups is 1. The number of aryl methyl sites for hydroxylation is 2. The quantitative estimate of drug-likeness (QED) is 0.746. The minimum atomic E-state index is -0.137. The fourth-order valence-corrected chi connectivity index (χ4v) is 2.66. The van der Waals surface area contributed by atoms with Crippen LogP contribution in [0.15, 0.2) is 12.4 Å². The topological polar surface area (TPSA) is 56.0 Å². The van der Waals surface area contributed by atoms with Gasteiger partial charge in [-0.3, -0.25) is 14.2 Å². The molecule has 1 amide bonds. The zero-order valence-electron chi connectivity index (χ0n) is 10.8.